The van der Waals surface area contributed by atoms with Crippen molar-refractivity contribution in [1.82, 2.24) is 0 Å². The lowest BCUT2D eigenvalue weighted by atomic mass is 9.64. The Kier molecular flexibility index (Phi) is 1.86. The molecule has 2 rings (SSSR count). The highest BCUT2D eigenvalue weighted by molar-refractivity contribution is 5.87. The highest BCUT2D eigenvalue weighted by Crippen LogP contribution is 2.51. The van der Waals surface area contributed by atoms with E-state index < -0.39 is 0 Å². The molecule has 0 N–H and O–H groups in total. The van der Waals surface area contributed by atoms with Crippen molar-refractivity contribution in [2.45, 2.75) is 40.0 Å². The van der Waals surface area contributed by atoms with E-state index in [2.05, 4.69) is 26.8 Å². The highest BCUT2D eigenvalue weighted by Gasteiger charge is 2.50. The molecule has 0 aromatic rings. The van der Waals surface area contributed by atoms with Crippen molar-refractivity contribution in [2.75, 3.05) is 0 Å². The van der Waals surface area contributed by atoms with Gasteiger partial charge in [-0.15, -0.1) is 0 Å². The number of hydrogen-bond acceptors (Lipinski definition) is 1. The molecule has 0 aromatic carbocycles. The molecule has 1 saturated carbocycles. The minimum absolute atomic E-state index is 0.0283. The molecule has 2 aliphatic carbocycles. The molecule has 0 radical (unpaired) electrons. The van der Waals surface area contributed by atoms with Gasteiger partial charge in [-0.25, -0.2) is 0 Å². The maximum absolute atomic E-state index is 11.8. The number of hydrogen-bond donors (Lipinski definition) is 0. The summed E-state index contributed by atoms with van der Waals surface area (Å²) >= 11 is 0. The standard InChI is InChI=1S/C12H18O/c1-8-6-9(2)12(3)10(7-8)4-5-11(12)13/h6,9-10H,4-5,7H2,1-3H3/t9-,10-,12+/m1/s1. The van der Waals surface area contributed by atoms with Gasteiger partial charge in [0.2, 0.25) is 0 Å². The Bertz CT molecular complexity index is 277. The molecule has 1 heteroatoms. The number of rotatable bonds is 0. The maximum atomic E-state index is 11.8. The second kappa shape index (κ2) is 2.70. The van der Waals surface area contributed by atoms with Crippen molar-refractivity contribution in [1.29, 1.82) is 0 Å². The summed E-state index contributed by atoms with van der Waals surface area (Å²) < 4.78 is 0. The zero-order chi connectivity index (χ0) is 9.64. The molecular formula is C12H18O. The lowest BCUT2D eigenvalue weighted by molar-refractivity contribution is -0.128. The largest absolute Gasteiger partial charge is 0.299 e. The Hall–Kier alpha value is -0.590. The summed E-state index contributed by atoms with van der Waals surface area (Å²) in [6.07, 6.45) is 5.36. The summed E-state index contributed by atoms with van der Waals surface area (Å²) in [6, 6.07) is 0. The molecule has 0 bridgehead atoms. The number of allylic oxidation sites excluding steroid dienone is 2. The monoisotopic (exact) mass is 178 g/mol. The van der Waals surface area contributed by atoms with Crippen molar-refractivity contribution >= 4 is 5.78 Å². The van der Waals surface area contributed by atoms with Crippen LogP contribution in [0.5, 0.6) is 0 Å². The molecule has 72 valence electrons. The van der Waals surface area contributed by atoms with Gasteiger partial charge in [0.25, 0.3) is 0 Å². The first kappa shape index (κ1) is 8.98. The third-order valence-corrected chi connectivity index (χ3v) is 4.22. The third kappa shape index (κ3) is 1.09. The van der Waals surface area contributed by atoms with Gasteiger partial charge in [0.05, 0.1) is 0 Å². The van der Waals surface area contributed by atoms with Crippen LogP contribution in [0.2, 0.25) is 0 Å². The summed E-state index contributed by atoms with van der Waals surface area (Å²) in [5, 5.41) is 0. The molecule has 0 unspecified atom stereocenters. The van der Waals surface area contributed by atoms with E-state index in [9.17, 15) is 4.79 Å². The fourth-order valence-corrected chi connectivity index (χ4v) is 3.10. The normalized spacial score (nSPS) is 44.5. The Balaban J connectivity index is 2.39. The van der Waals surface area contributed by atoms with Crippen molar-refractivity contribution in [3.8, 4) is 0 Å². The first-order valence-electron chi connectivity index (χ1n) is 5.25. The third-order valence-electron chi connectivity index (χ3n) is 4.22. The average Bonchev–Trinajstić information content (AvgIpc) is 2.33. The molecule has 0 aliphatic heterocycles. The van der Waals surface area contributed by atoms with Gasteiger partial charge in [-0.1, -0.05) is 25.5 Å². The maximum Gasteiger partial charge on any atom is 0.139 e. The van der Waals surface area contributed by atoms with Gasteiger partial charge in [-0.05, 0) is 31.6 Å². The Morgan fingerprint density at radius 2 is 2.23 bits per heavy atom. The lowest BCUT2D eigenvalue weighted by Gasteiger charge is -2.38. The smallest absolute Gasteiger partial charge is 0.139 e. The lowest BCUT2D eigenvalue weighted by Crippen LogP contribution is -2.37. The summed E-state index contributed by atoms with van der Waals surface area (Å²) in [5.74, 6) is 1.56. The molecule has 0 heterocycles. The van der Waals surface area contributed by atoms with E-state index in [0.717, 1.165) is 19.3 Å². The number of Topliss-reactive ketones (excluding diaryl/α,β-unsaturated/α-hetero) is 1. The fourth-order valence-electron chi connectivity index (χ4n) is 3.10. The van der Waals surface area contributed by atoms with Crippen LogP contribution in [0.1, 0.15) is 40.0 Å². The Morgan fingerprint density at radius 3 is 2.92 bits per heavy atom. The van der Waals surface area contributed by atoms with Crippen molar-refractivity contribution in [2.24, 2.45) is 17.3 Å². The average molecular weight is 178 g/mol. The first-order valence-corrected chi connectivity index (χ1v) is 5.25. The van der Waals surface area contributed by atoms with Crippen LogP contribution in [-0.2, 0) is 4.79 Å². The first-order chi connectivity index (χ1) is 6.05. The second-order valence-electron chi connectivity index (χ2n) is 4.95. The molecular weight excluding hydrogens is 160 g/mol. The minimum Gasteiger partial charge on any atom is -0.299 e. The van der Waals surface area contributed by atoms with Crippen LogP contribution >= 0.6 is 0 Å². The van der Waals surface area contributed by atoms with Gasteiger partial charge in [0.1, 0.15) is 5.78 Å². The fraction of sp³-hybridized carbons (Fsp3) is 0.750. The summed E-state index contributed by atoms with van der Waals surface area (Å²) in [5.41, 5.74) is 1.45. The van der Waals surface area contributed by atoms with Crippen LogP contribution < -0.4 is 0 Å². The Morgan fingerprint density at radius 1 is 1.54 bits per heavy atom. The van der Waals surface area contributed by atoms with Crippen molar-refractivity contribution < 1.29 is 4.79 Å². The van der Waals surface area contributed by atoms with Gasteiger partial charge in [0, 0.05) is 11.8 Å². The highest BCUT2D eigenvalue weighted by atomic mass is 16.1. The summed E-state index contributed by atoms with van der Waals surface area (Å²) in [6.45, 7) is 6.55. The number of ketones is 1. The van der Waals surface area contributed by atoms with Gasteiger partial charge in [0.15, 0.2) is 0 Å². The predicted molar refractivity (Wildman–Crippen MR) is 53.4 cm³/mol. The summed E-state index contributed by atoms with van der Waals surface area (Å²) in [7, 11) is 0. The SMILES string of the molecule is CC1=C[C@@H](C)[C@]2(C)C(=O)CC[C@@H]2C1. The van der Waals surface area contributed by atoms with Gasteiger partial charge >= 0.3 is 0 Å². The minimum atomic E-state index is -0.0283. The molecule has 0 amide bonds. The molecule has 0 spiro atoms. The van der Waals surface area contributed by atoms with E-state index in [0.29, 0.717) is 17.6 Å². The number of carbonyl (C=O) groups excluding carboxylic acids is 1. The summed E-state index contributed by atoms with van der Waals surface area (Å²) in [4.78, 5) is 11.8. The van der Waals surface area contributed by atoms with E-state index in [1.54, 1.807) is 0 Å². The molecule has 3 atom stereocenters. The van der Waals surface area contributed by atoms with E-state index in [1.807, 2.05) is 0 Å². The quantitative estimate of drug-likeness (QED) is 0.521. The van der Waals surface area contributed by atoms with Gasteiger partial charge in [-0.2, -0.15) is 0 Å². The Labute approximate surface area is 80.2 Å². The van der Waals surface area contributed by atoms with Crippen molar-refractivity contribution in [3.63, 3.8) is 0 Å². The van der Waals surface area contributed by atoms with Crippen LogP contribution in [0.3, 0.4) is 0 Å². The number of carbonyl (C=O) groups is 1. The van der Waals surface area contributed by atoms with Crippen molar-refractivity contribution in [3.05, 3.63) is 11.6 Å². The van der Waals surface area contributed by atoms with Crippen LogP contribution in [0.25, 0.3) is 0 Å². The van der Waals surface area contributed by atoms with Gasteiger partial charge < -0.3 is 0 Å². The van der Waals surface area contributed by atoms with E-state index in [4.69, 9.17) is 0 Å². The zero-order valence-electron chi connectivity index (χ0n) is 8.76. The van der Waals surface area contributed by atoms with Crippen LogP contribution in [0.4, 0.5) is 0 Å². The van der Waals surface area contributed by atoms with E-state index >= 15 is 0 Å². The van der Waals surface area contributed by atoms with E-state index in [1.165, 1.54) is 5.57 Å². The molecule has 0 saturated heterocycles. The molecule has 13 heavy (non-hydrogen) atoms. The van der Waals surface area contributed by atoms with Crippen LogP contribution in [0.15, 0.2) is 11.6 Å². The van der Waals surface area contributed by atoms with Crippen LogP contribution in [-0.4, -0.2) is 5.78 Å². The van der Waals surface area contributed by atoms with Gasteiger partial charge in [-0.3, -0.25) is 4.79 Å². The molecule has 2 aliphatic rings. The van der Waals surface area contributed by atoms with E-state index in [-0.39, 0.29) is 5.41 Å². The second-order valence-corrected chi connectivity index (χ2v) is 4.95. The number of fused-ring (bicyclic) bond motifs is 1. The predicted octanol–water partition coefficient (Wildman–Crippen LogP) is 2.96. The molecule has 1 fully saturated rings. The topological polar surface area (TPSA) is 17.1 Å². The molecule has 1 nitrogen and oxygen atoms in total. The van der Waals surface area contributed by atoms with Crippen LogP contribution in [0, 0.1) is 17.3 Å². The molecule has 0 aromatic heterocycles. The zero-order valence-corrected chi connectivity index (χ0v) is 8.76.